The molecule has 5 atom stereocenters. The SMILES string of the molecule is CCCC(=O)[C@]1(N)C(O)O[C@H](COC(=O)OC(C)C)[C@@H](O)[C@@H]1O. The van der Waals surface area contributed by atoms with Crippen LogP contribution >= 0.6 is 0 Å². The van der Waals surface area contributed by atoms with Crippen molar-refractivity contribution in [2.75, 3.05) is 6.61 Å². The number of hydrogen-bond acceptors (Lipinski definition) is 9. The second-order valence-electron chi connectivity index (χ2n) is 5.80. The van der Waals surface area contributed by atoms with Crippen LogP contribution in [0, 0.1) is 0 Å². The molecule has 0 aromatic heterocycles. The number of rotatable bonds is 6. The molecule has 0 aliphatic carbocycles. The molecule has 0 aromatic rings. The van der Waals surface area contributed by atoms with E-state index in [-0.39, 0.29) is 12.5 Å². The molecule has 9 nitrogen and oxygen atoms in total. The summed E-state index contributed by atoms with van der Waals surface area (Å²) >= 11 is 0. The topological polar surface area (TPSA) is 149 Å². The van der Waals surface area contributed by atoms with Gasteiger partial charge in [0.2, 0.25) is 0 Å². The Labute approximate surface area is 134 Å². The molecule has 1 aliphatic heterocycles. The highest BCUT2D eigenvalue weighted by Crippen LogP contribution is 2.29. The third kappa shape index (κ3) is 4.39. The fourth-order valence-corrected chi connectivity index (χ4v) is 2.25. The number of ether oxygens (including phenoxy) is 3. The first-order valence-corrected chi connectivity index (χ1v) is 7.49. The van der Waals surface area contributed by atoms with Crippen LogP contribution in [-0.2, 0) is 19.0 Å². The maximum atomic E-state index is 12.0. The predicted octanol–water partition coefficient (Wildman–Crippen LogP) is -0.946. The summed E-state index contributed by atoms with van der Waals surface area (Å²) in [6.45, 7) is 4.52. The van der Waals surface area contributed by atoms with Crippen molar-refractivity contribution in [1.29, 1.82) is 0 Å². The molecule has 0 bridgehead atoms. The van der Waals surface area contributed by atoms with Gasteiger partial charge in [-0.05, 0) is 20.3 Å². The largest absolute Gasteiger partial charge is 0.508 e. The summed E-state index contributed by atoms with van der Waals surface area (Å²) in [5, 5.41) is 30.2. The zero-order chi connectivity index (χ0) is 17.8. The van der Waals surface area contributed by atoms with E-state index >= 15 is 0 Å². The molecule has 1 fully saturated rings. The monoisotopic (exact) mass is 335 g/mol. The second kappa shape index (κ2) is 8.02. The Morgan fingerprint density at radius 3 is 2.43 bits per heavy atom. The smallest absolute Gasteiger partial charge is 0.432 e. The van der Waals surface area contributed by atoms with Crippen molar-refractivity contribution in [3.63, 3.8) is 0 Å². The Morgan fingerprint density at radius 2 is 1.91 bits per heavy atom. The van der Waals surface area contributed by atoms with Crippen LogP contribution < -0.4 is 5.73 Å². The molecule has 5 N–H and O–H groups in total. The summed E-state index contributed by atoms with van der Waals surface area (Å²) in [7, 11) is 0. The van der Waals surface area contributed by atoms with Crippen LogP contribution in [-0.4, -0.2) is 70.1 Å². The van der Waals surface area contributed by atoms with Gasteiger partial charge in [0.1, 0.15) is 24.9 Å². The van der Waals surface area contributed by atoms with E-state index in [9.17, 15) is 24.9 Å². The Balaban J connectivity index is 2.73. The summed E-state index contributed by atoms with van der Waals surface area (Å²) in [5.41, 5.74) is 3.65. The Hall–Kier alpha value is -1.26. The molecule has 1 saturated heterocycles. The number of aliphatic hydroxyl groups excluding tert-OH is 3. The number of carbonyl (C=O) groups is 2. The van der Waals surface area contributed by atoms with Gasteiger partial charge < -0.3 is 35.3 Å². The predicted molar refractivity (Wildman–Crippen MR) is 77.3 cm³/mol. The fraction of sp³-hybridized carbons (Fsp3) is 0.857. The zero-order valence-corrected chi connectivity index (χ0v) is 13.5. The summed E-state index contributed by atoms with van der Waals surface area (Å²) in [6, 6.07) is 0. The average Bonchev–Trinajstić information content (AvgIpc) is 2.46. The standard InChI is InChI=1S/C14H25NO8/c1-4-5-9(16)14(15)11(18)10(17)8(23-12(14)19)6-21-13(20)22-7(2)3/h7-8,10-12,17-19H,4-6,15H2,1-3H3/t8-,10-,11+,12?,14-/m1/s1. The number of nitrogens with two attached hydrogens (primary N) is 1. The van der Waals surface area contributed by atoms with Crippen LogP contribution in [0.4, 0.5) is 4.79 Å². The lowest BCUT2D eigenvalue weighted by atomic mass is 9.79. The molecule has 0 amide bonds. The lowest BCUT2D eigenvalue weighted by molar-refractivity contribution is -0.271. The molecule has 0 spiro atoms. The lowest BCUT2D eigenvalue weighted by Gasteiger charge is -2.46. The number of aliphatic hydroxyl groups is 3. The molecular weight excluding hydrogens is 310 g/mol. The van der Waals surface area contributed by atoms with Crippen molar-refractivity contribution in [3.8, 4) is 0 Å². The zero-order valence-electron chi connectivity index (χ0n) is 13.5. The van der Waals surface area contributed by atoms with Gasteiger partial charge in [-0.2, -0.15) is 0 Å². The summed E-state index contributed by atoms with van der Waals surface area (Å²) in [6.07, 6.45) is -7.36. The van der Waals surface area contributed by atoms with E-state index in [0.717, 1.165) is 0 Å². The maximum Gasteiger partial charge on any atom is 0.508 e. The van der Waals surface area contributed by atoms with Gasteiger partial charge in [0.05, 0.1) is 6.10 Å². The van der Waals surface area contributed by atoms with E-state index in [1.807, 2.05) is 0 Å². The van der Waals surface area contributed by atoms with Gasteiger partial charge in [-0.15, -0.1) is 0 Å². The van der Waals surface area contributed by atoms with Crippen molar-refractivity contribution >= 4 is 11.9 Å². The molecular formula is C14H25NO8. The van der Waals surface area contributed by atoms with Crippen molar-refractivity contribution < 1.29 is 39.1 Å². The number of Topliss-reactive ketones (excluding diaryl/α,β-unsaturated/α-hetero) is 1. The van der Waals surface area contributed by atoms with Crippen LogP contribution in [0.5, 0.6) is 0 Å². The van der Waals surface area contributed by atoms with E-state index in [1.165, 1.54) is 0 Å². The third-order valence-electron chi connectivity index (χ3n) is 3.56. The van der Waals surface area contributed by atoms with Crippen LogP contribution in [0.3, 0.4) is 0 Å². The summed E-state index contributed by atoms with van der Waals surface area (Å²) < 4.78 is 14.6. The average molecular weight is 335 g/mol. The second-order valence-corrected chi connectivity index (χ2v) is 5.80. The Kier molecular flexibility index (Phi) is 6.90. The van der Waals surface area contributed by atoms with E-state index < -0.39 is 48.7 Å². The minimum absolute atomic E-state index is 0.0164. The van der Waals surface area contributed by atoms with Gasteiger partial charge in [-0.1, -0.05) is 6.92 Å². The molecule has 9 heteroatoms. The minimum Gasteiger partial charge on any atom is -0.432 e. The molecule has 1 heterocycles. The van der Waals surface area contributed by atoms with Gasteiger partial charge in [0, 0.05) is 6.42 Å². The highest BCUT2D eigenvalue weighted by molar-refractivity contribution is 5.89. The number of carbonyl (C=O) groups excluding carboxylic acids is 2. The molecule has 1 aliphatic rings. The van der Waals surface area contributed by atoms with Gasteiger partial charge in [0.25, 0.3) is 0 Å². The quantitative estimate of drug-likeness (QED) is 0.451. The first-order valence-electron chi connectivity index (χ1n) is 7.49. The van der Waals surface area contributed by atoms with Crippen LogP contribution in [0.25, 0.3) is 0 Å². The molecule has 1 rings (SSSR count). The van der Waals surface area contributed by atoms with E-state index in [0.29, 0.717) is 6.42 Å². The molecule has 1 unspecified atom stereocenters. The van der Waals surface area contributed by atoms with E-state index in [4.69, 9.17) is 19.9 Å². The van der Waals surface area contributed by atoms with Crippen molar-refractivity contribution in [3.05, 3.63) is 0 Å². The van der Waals surface area contributed by atoms with E-state index in [2.05, 4.69) is 0 Å². The van der Waals surface area contributed by atoms with Crippen molar-refractivity contribution in [2.24, 2.45) is 5.73 Å². The number of hydrogen-bond donors (Lipinski definition) is 4. The minimum atomic E-state index is -2.13. The molecule has 23 heavy (non-hydrogen) atoms. The van der Waals surface area contributed by atoms with Crippen molar-refractivity contribution in [1.82, 2.24) is 0 Å². The third-order valence-corrected chi connectivity index (χ3v) is 3.56. The first kappa shape index (κ1) is 19.8. The van der Waals surface area contributed by atoms with Crippen LogP contribution in [0.15, 0.2) is 0 Å². The number of ketones is 1. The molecule has 0 saturated carbocycles. The van der Waals surface area contributed by atoms with Crippen LogP contribution in [0.2, 0.25) is 0 Å². The normalized spacial score (nSPS) is 34.3. The Morgan fingerprint density at radius 1 is 1.30 bits per heavy atom. The van der Waals surface area contributed by atoms with Gasteiger partial charge >= 0.3 is 6.16 Å². The van der Waals surface area contributed by atoms with E-state index in [1.54, 1.807) is 20.8 Å². The van der Waals surface area contributed by atoms with Crippen LogP contribution in [0.1, 0.15) is 33.6 Å². The summed E-state index contributed by atoms with van der Waals surface area (Å²) in [4.78, 5) is 23.3. The van der Waals surface area contributed by atoms with Gasteiger partial charge in [-0.25, -0.2) is 4.79 Å². The molecule has 0 radical (unpaired) electrons. The summed E-state index contributed by atoms with van der Waals surface area (Å²) in [5.74, 6) is -0.627. The van der Waals surface area contributed by atoms with Gasteiger partial charge in [0.15, 0.2) is 17.6 Å². The molecule has 134 valence electrons. The lowest BCUT2D eigenvalue weighted by Crippen LogP contribution is -2.74. The highest BCUT2D eigenvalue weighted by atomic mass is 16.7. The van der Waals surface area contributed by atoms with Crippen molar-refractivity contribution in [2.45, 2.75) is 69.9 Å². The highest BCUT2D eigenvalue weighted by Gasteiger charge is 2.57. The Bertz CT molecular complexity index is 429. The maximum absolute atomic E-state index is 12.0. The van der Waals surface area contributed by atoms with Gasteiger partial charge in [-0.3, -0.25) is 4.79 Å². The molecule has 0 aromatic carbocycles. The first-order chi connectivity index (χ1) is 10.6. The fourth-order valence-electron chi connectivity index (χ4n) is 2.25.